The molecule has 0 radical (unpaired) electrons. The van der Waals surface area contributed by atoms with Crippen LogP contribution in [-0.2, 0) is 18.1 Å². The van der Waals surface area contributed by atoms with Gasteiger partial charge in [-0.15, -0.1) is 0 Å². The van der Waals surface area contributed by atoms with E-state index in [-0.39, 0.29) is 0 Å². The standard InChI is InChI=1S/12C8H12NO.6ClH.18O.6Sb/c12*1-7-5-4-6-8(2)9(7)10-3;;;;;;;;;;;;;;;;;;;;;;;;;;;;;;/h12*4-6H,1-3H3;6*1H;;;;;;;;;;;;;;;;;;;;;;;;/q12*+1;;;;;;;;;;;;;12*-1;6*+1/p-6. The molecule has 12 rings (SSSR count). The molecule has 0 aliphatic carbocycles. The van der Waals surface area contributed by atoms with Crippen molar-refractivity contribution in [2.45, 2.75) is 166 Å². The van der Waals surface area contributed by atoms with E-state index in [1.54, 1.807) is 142 Å². The third-order valence-corrected chi connectivity index (χ3v) is 18.0. The van der Waals surface area contributed by atoms with Gasteiger partial charge in [0, 0.05) is 369 Å². The fourth-order valence-electron chi connectivity index (χ4n) is 12.3. The Bertz CT molecular complexity index is 4680. The molecule has 12 aromatic rings. The maximum atomic E-state index is 8.96. The third-order valence-electron chi connectivity index (χ3n) is 18.0. The molecule has 0 bridgehead atoms. The second kappa shape index (κ2) is 81.9. The van der Waals surface area contributed by atoms with E-state index in [2.05, 4.69) is 53.0 Å². The Morgan fingerprint density at radius 2 is 0.167 bits per heavy atom. The normalized spacial score (nSPS) is 9.96. The average molecular weight is 2890 g/mol. The molecule has 840 valence electrons. The molecule has 54 heteroatoms. The summed E-state index contributed by atoms with van der Waals surface area (Å²) in [7, 11) is 44.4. The number of aromatic nitrogens is 12. The number of nitrogens with zero attached hydrogens (tertiary/aromatic N) is 12. The SMILES string of the molecule is CO[n+]1c(C)cccc1C.CO[n+]1c(C)cccc1C.CO[n+]1c(C)cccc1C.CO[n+]1c(C)cccc1C.CO[n+]1c(C)cccc1C.CO[n+]1c(C)cccc1C.CO[n+]1c(C)cccc1C.CO[n+]1c(C)cccc1C.CO[n+]1c(C)cccc1C.CO[n+]1c(C)cccc1C.CO[n+]1c(C)cccc1C.CO[n+]1c(C)cccc1C.[O]=[Sb]([O-])([O-])[Cl].[O]=[Sb]([O-])([O-])[Cl].[O]=[Sb]([O-])([O-])[Cl].[O]=[Sb]([O-])([O-])[Cl].[O]=[Sb]([O-])([O-])[Cl].[O]=[Sb]([O-])([O-])[Cl]. The molecule has 0 aliphatic rings. The van der Waals surface area contributed by atoms with Crippen molar-refractivity contribution in [1.82, 2.24) is 0 Å². The van der Waals surface area contributed by atoms with Crippen LogP contribution in [0.25, 0.3) is 0 Å². The van der Waals surface area contributed by atoms with Gasteiger partial charge in [-0.2, -0.15) is 0 Å². The number of pyridine rings is 12. The topological polar surface area (TPSA) is 536 Å². The first-order valence-electron chi connectivity index (χ1n) is 43.7. The van der Waals surface area contributed by atoms with Crippen LogP contribution >= 0.6 is 53.0 Å². The van der Waals surface area contributed by atoms with E-state index in [0.29, 0.717) is 0 Å². The Labute approximate surface area is 933 Å². The fourth-order valence-corrected chi connectivity index (χ4v) is 12.3. The van der Waals surface area contributed by atoms with Crippen LogP contribution in [0.3, 0.4) is 0 Å². The minimum absolute atomic E-state index is 1.11. The molecule has 0 aliphatic heterocycles. The quantitative estimate of drug-likeness (QED) is 0.0814. The molecule has 0 saturated carbocycles. The predicted octanol–water partition coefficient (Wildman–Crippen LogP) is -5.34. The fraction of sp³-hybridized carbons (Fsp3) is 0.375. The molecule has 0 atom stereocenters. The van der Waals surface area contributed by atoms with Crippen LogP contribution in [0.4, 0.5) is 0 Å². The molecule has 150 heavy (non-hydrogen) atoms. The van der Waals surface area contributed by atoms with Crippen LogP contribution in [-0.4, -0.2) is 196 Å². The molecule has 12 heterocycles. The Morgan fingerprint density at radius 1 is 0.133 bits per heavy atom. The van der Waals surface area contributed by atoms with Crippen LogP contribution in [0.15, 0.2) is 218 Å². The number of hydrogen-bond acceptors (Lipinski definition) is 30. The Morgan fingerprint density at radius 3 is 0.187 bits per heavy atom. The summed E-state index contributed by atoms with van der Waals surface area (Å²) in [6, 6.07) is 72.4. The van der Waals surface area contributed by atoms with Crippen molar-refractivity contribution in [3.63, 3.8) is 0 Å². The molecule has 0 amide bonds. The van der Waals surface area contributed by atoms with Gasteiger partial charge < -0.3 is 0 Å². The van der Waals surface area contributed by atoms with Crippen molar-refractivity contribution in [3.8, 4) is 0 Å². The summed E-state index contributed by atoms with van der Waals surface area (Å²) in [5.74, 6) is 0. The van der Waals surface area contributed by atoms with E-state index >= 15 is 0 Å². The molecule has 0 aromatic carbocycles. The van der Waals surface area contributed by atoms with Crippen molar-refractivity contribution >= 4 is 164 Å². The minimum atomic E-state index is -5.38. The molecule has 42 nitrogen and oxygen atoms in total. The number of halogens is 6. The summed E-state index contributed by atoms with van der Waals surface area (Å²) < 4.78 is 183. The zero-order valence-electron chi connectivity index (χ0n) is 91.3. The number of aryl methyl sites for hydroxylation is 24. The van der Waals surface area contributed by atoms with Crippen molar-refractivity contribution in [2.24, 2.45) is 0 Å². The van der Waals surface area contributed by atoms with Crippen molar-refractivity contribution in [3.05, 3.63) is 355 Å². The van der Waals surface area contributed by atoms with Gasteiger partial charge in [-0.1, -0.05) is 0 Å². The van der Waals surface area contributed by atoms with E-state index in [0.717, 1.165) is 137 Å². The Balaban J connectivity index is -0.000000368. The van der Waals surface area contributed by atoms with E-state index < -0.39 is 111 Å². The van der Waals surface area contributed by atoms with Gasteiger partial charge in [-0.25, -0.2) is 0 Å². The Hall–Kier alpha value is -7.63. The molecule has 0 saturated heterocycles. The zero-order chi connectivity index (χ0) is 118. The Kier molecular flexibility index (Phi) is 83.6. The molecule has 0 unspecified atom stereocenters. The molecule has 0 N–H and O–H groups in total. The van der Waals surface area contributed by atoms with Gasteiger partial charge in [0.2, 0.25) is 137 Å². The van der Waals surface area contributed by atoms with E-state index in [1.807, 2.05) is 385 Å². The van der Waals surface area contributed by atoms with Crippen LogP contribution < -0.4 is 155 Å². The van der Waals surface area contributed by atoms with Crippen LogP contribution in [0.5, 0.6) is 0 Å². The van der Waals surface area contributed by atoms with Gasteiger partial charge in [0.15, 0.2) is 0 Å². The van der Waals surface area contributed by atoms with Crippen LogP contribution in [0.1, 0.15) is 137 Å². The number of hydrogen-bond donors (Lipinski definition) is 0. The zero-order valence-corrected chi connectivity index (χ0v) is 111. The molecular formula is C96H144Cl6N12O30Sb6. The summed E-state index contributed by atoms with van der Waals surface area (Å²) >= 11 is -32.3. The summed E-state index contributed by atoms with van der Waals surface area (Å²) in [5.41, 5.74) is 26.7. The molecule has 0 spiro atoms. The molecular weight excluding hydrogens is 2740 g/mol. The second-order valence-electron chi connectivity index (χ2n) is 30.0. The van der Waals surface area contributed by atoms with Gasteiger partial charge in [0.25, 0.3) is 0 Å². The second-order valence-corrected chi connectivity index (χ2v) is 61.4. The first kappa shape index (κ1) is 153. The van der Waals surface area contributed by atoms with Gasteiger partial charge in [0.1, 0.15) is 85.3 Å². The van der Waals surface area contributed by atoms with Gasteiger partial charge in [-0.3, -0.25) is 58.1 Å². The van der Waals surface area contributed by atoms with E-state index in [4.69, 9.17) is 117 Å². The first-order valence-corrected chi connectivity index (χ1v) is 81.8. The molecule has 0 fully saturated rings. The van der Waals surface area contributed by atoms with Gasteiger partial charge in [0.05, 0.1) is 0 Å². The summed E-state index contributed by atoms with van der Waals surface area (Å²) in [6.07, 6.45) is 0. The average Bonchev–Trinajstić information content (AvgIpc) is 0.946. The van der Waals surface area contributed by atoms with Gasteiger partial charge in [-0.05, 0) is 72.8 Å². The van der Waals surface area contributed by atoms with Crippen molar-refractivity contribution in [2.75, 3.05) is 85.3 Å². The van der Waals surface area contributed by atoms with Crippen LogP contribution in [0, 0.1) is 166 Å². The van der Waals surface area contributed by atoms with Gasteiger partial charge >= 0.3 is 223 Å². The first-order chi connectivity index (χ1) is 69.0. The van der Waals surface area contributed by atoms with Crippen molar-refractivity contribution < 1.29 is 174 Å². The molecule has 12 aromatic heterocycles. The van der Waals surface area contributed by atoms with Crippen LogP contribution in [0.2, 0.25) is 0 Å². The number of rotatable bonds is 12. The summed E-state index contributed by atoms with van der Waals surface area (Å²) in [4.78, 5) is 61.1. The van der Waals surface area contributed by atoms with E-state index in [9.17, 15) is 0 Å². The monoisotopic (exact) mass is 2880 g/mol. The maximum absolute atomic E-state index is 8.96. The van der Waals surface area contributed by atoms with Crippen molar-refractivity contribution in [1.29, 1.82) is 0 Å². The summed E-state index contributed by atoms with van der Waals surface area (Å²) in [5, 5.41) is 0. The van der Waals surface area contributed by atoms with E-state index in [1.165, 1.54) is 0 Å². The third kappa shape index (κ3) is 80.2. The predicted molar refractivity (Wildman–Crippen MR) is 537 cm³/mol. The summed E-state index contributed by atoms with van der Waals surface area (Å²) in [6.45, 7) is 48.2.